The number of hydrogen-bond acceptors (Lipinski definition) is 5. The zero-order valence-corrected chi connectivity index (χ0v) is 15.0. The van der Waals surface area contributed by atoms with Crippen molar-refractivity contribution in [1.29, 1.82) is 0 Å². The zero-order valence-electron chi connectivity index (χ0n) is 15.0. The summed E-state index contributed by atoms with van der Waals surface area (Å²) in [4.78, 5) is 4.89. The second-order valence-corrected chi connectivity index (χ2v) is 8.17. The Bertz CT molecular complexity index is 607. The SMILES string of the molecule is CC1(C)OB(c2cc(C3CC3)nc(C3COCOC3)c2)OC1(C)C. The molecule has 3 fully saturated rings. The van der Waals surface area contributed by atoms with Gasteiger partial charge in [-0.25, -0.2) is 0 Å². The molecule has 6 heteroatoms. The van der Waals surface area contributed by atoms with Gasteiger partial charge in [0.05, 0.1) is 24.4 Å². The van der Waals surface area contributed by atoms with E-state index in [4.69, 9.17) is 23.8 Å². The van der Waals surface area contributed by atoms with E-state index in [-0.39, 0.29) is 24.2 Å². The van der Waals surface area contributed by atoms with Crippen LogP contribution in [0.3, 0.4) is 0 Å². The molecular weight excluding hydrogens is 305 g/mol. The molecule has 5 nitrogen and oxygen atoms in total. The Hall–Kier alpha value is -0.945. The fourth-order valence-electron chi connectivity index (χ4n) is 3.17. The fourth-order valence-corrected chi connectivity index (χ4v) is 3.17. The molecule has 1 aromatic rings. The predicted molar refractivity (Wildman–Crippen MR) is 91.4 cm³/mol. The van der Waals surface area contributed by atoms with Crippen LogP contribution in [0.4, 0.5) is 0 Å². The van der Waals surface area contributed by atoms with Crippen molar-refractivity contribution in [3.8, 4) is 0 Å². The van der Waals surface area contributed by atoms with E-state index in [1.54, 1.807) is 0 Å². The lowest BCUT2D eigenvalue weighted by atomic mass is 9.78. The third kappa shape index (κ3) is 3.01. The minimum Gasteiger partial charge on any atom is -0.399 e. The van der Waals surface area contributed by atoms with Crippen LogP contribution in [0.2, 0.25) is 0 Å². The first-order valence-electron chi connectivity index (χ1n) is 8.89. The molecular formula is C18H26BNO4. The fraction of sp³-hybridized carbons (Fsp3) is 0.722. The van der Waals surface area contributed by atoms with E-state index in [0.717, 1.165) is 16.9 Å². The summed E-state index contributed by atoms with van der Waals surface area (Å²) in [6.07, 6.45) is 2.44. The number of aromatic nitrogens is 1. The first-order valence-corrected chi connectivity index (χ1v) is 8.89. The molecule has 130 valence electrons. The molecule has 2 saturated heterocycles. The van der Waals surface area contributed by atoms with Crippen molar-refractivity contribution in [2.24, 2.45) is 0 Å². The lowest BCUT2D eigenvalue weighted by Crippen LogP contribution is -2.41. The van der Waals surface area contributed by atoms with E-state index >= 15 is 0 Å². The van der Waals surface area contributed by atoms with Crippen LogP contribution < -0.4 is 5.46 Å². The van der Waals surface area contributed by atoms with Crippen LogP contribution in [-0.4, -0.2) is 43.3 Å². The van der Waals surface area contributed by atoms with Crippen LogP contribution in [0.1, 0.15) is 63.8 Å². The molecule has 24 heavy (non-hydrogen) atoms. The van der Waals surface area contributed by atoms with Crippen LogP contribution >= 0.6 is 0 Å². The maximum absolute atomic E-state index is 6.24. The summed E-state index contributed by atoms with van der Waals surface area (Å²) in [6, 6.07) is 4.27. The van der Waals surface area contributed by atoms with E-state index in [1.807, 2.05) is 0 Å². The number of pyridine rings is 1. The van der Waals surface area contributed by atoms with Crippen molar-refractivity contribution in [1.82, 2.24) is 4.98 Å². The predicted octanol–water partition coefficient (Wildman–Crippen LogP) is 2.35. The van der Waals surface area contributed by atoms with Crippen LogP contribution in [0.5, 0.6) is 0 Å². The third-order valence-electron chi connectivity index (χ3n) is 5.63. The highest BCUT2D eigenvalue weighted by molar-refractivity contribution is 6.62. The van der Waals surface area contributed by atoms with Gasteiger partial charge in [-0.2, -0.15) is 0 Å². The number of rotatable bonds is 3. The van der Waals surface area contributed by atoms with E-state index in [9.17, 15) is 0 Å². The summed E-state index contributed by atoms with van der Waals surface area (Å²) in [7, 11) is -0.348. The summed E-state index contributed by atoms with van der Waals surface area (Å²) in [5.74, 6) is 0.759. The standard InChI is InChI=1S/C18H26BNO4/c1-17(2)18(3,4)24-19(23-17)14-7-15(12-5-6-12)20-16(8-14)13-9-21-11-22-10-13/h7-8,12-13H,5-6,9-11H2,1-4H3. The molecule has 0 amide bonds. The lowest BCUT2D eigenvalue weighted by molar-refractivity contribution is -0.108. The molecule has 0 spiro atoms. The van der Waals surface area contributed by atoms with Gasteiger partial charge in [0.2, 0.25) is 0 Å². The number of hydrogen-bond donors (Lipinski definition) is 0. The van der Waals surface area contributed by atoms with Crippen LogP contribution in [0.15, 0.2) is 12.1 Å². The van der Waals surface area contributed by atoms with Crippen molar-refractivity contribution in [3.63, 3.8) is 0 Å². The minimum absolute atomic E-state index is 0.179. The van der Waals surface area contributed by atoms with Gasteiger partial charge in [-0.15, -0.1) is 0 Å². The maximum Gasteiger partial charge on any atom is 0.494 e. The molecule has 2 aliphatic heterocycles. The van der Waals surface area contributed by atoms with Crippen molar-refractivity contribution in [2.75, 3.05) is 20.0 Å². The minimum atomic E-state index is -0.348. The van der Waals surface area contributed by atoms with Gasteiger partial charge >= 0.3 is 7.12 Å². The van der Waals surface area contributed by atoms with Crippen molar-refractivity contribution < 1.29 is 18.8 Å². The van der Waals surface area contributed by atoms with Gasteiger partial charge in [-0.3, -0.25) is 4.98 Å². The van der Waals surface area contributed by atoms with Gasteiger partial charge in [-0.1, -0.05) is 0 Å². The Labute approximate surface area is 144 Å². The quantitative estimate of drug-likeness (QED) is 0.796. The molecule has 3 aliphatic rings. The van der Waals surface area contributed by atoms with Gasteiger partial charge in [0, 0.05) is 23.2 Å². The van der Waals surface area contributed by atoms with E-state index < -0.39 is 0 Å². The van der Waals surface area contributed by atoms with Gasteiger partial charge in [0.15, 0.2) is 0 Å². The molecule has 0 radical (unpaired) electrons. The Morgan fingerprint density at radius 2 is 1.46 bits per heavy atom. The number of ether oxygens (including phenoxy) is 2. The highest BCUT2D eigenvalue weighted by Gasteiger charge is 2.52. The molecule has 0 atom stereocenters. The van der Waals surface area contributed by atoms with Crippen molar-refractivity contribution in [3.05, 3.63) is 23.5 Å². The molecule has 1 saturated carbocycles. The summed E-state index contributed by atoms with van der Waals surface area (Å²) >= 11 is 0. The first kappa shape index (κ1) is 16.5. The molecule has 1 aliphatic carbocycles. The number of nitrogens with zero attached hydrogens (tertiary/aromatic N) is 1. The second-order valence-electron chi connectivity index (χ2n) is 8.17. The van der Waals surface area contributed by atoms with E-state index in [0.29, 0.717) is 25.9 Å². The third-order valence-corrected chi connectivity index (χ3v) is 5.63. The smallest absolute Gasteiger partial charge is 0.399 e. The second kappa shape index (κ2) is 5.80. The summed E-state index contributed by atoms with van der Waals surface area (Å²) in [5.41, 5.74) is 2.58. The van der Waals surface area contributed by atoms with Gasteiger partial charge in [0.1, 0.15) is 6.79 Å². The first-order chi connectivity index (χ1) is 11.4. The Kier molecular flexibility index (Phi) is 3.99. The van der Waals surface area contributed by atoms with E-state index in [1.165, 1.54) is 12.8 Å². The largest absolute Gasteiger partial charge is 0.494 e. The monoisotopic (exact) mass is 331 g/mol. The topological polar surface area (TPSA) is 49.8 Å². The maximum atomic E-state index is 6.24. The average Bonchev–Trinajstić information content (AvgIpc) is 3.36. The molecule has 0 aromatic carbocycles. The molecule has 0 N–H and O–H groups in total. The zero-order chi connectivity index (χ0) is 16.9. The van der Waals surface area contributed by atoms with Crippen LogP contribution in [-0.2, 0) is 18.8 Å². The molecule has 4 rings (SSSR count). The van der Waals surface area contributed by atoms with Gasteiger partial charge < -0.3 is 18.8 Å². The van der Waals surface area contributed by atoms with Crippen LogP contribution in [0, 0.1) is 0 Å². The summed E-state index contributed by atoms with van der Waals surface area (Å²) in [6.45, 7) is 10.0. The Balaban J connectivity index is 1.66. The Morgan fingerprint density at radius 3 is 2.00 bits per heavy atom. The average molecular weight is 331 g/mol. The van der Waals surface area contributed by atoms with Gasteiger partial charge in [0.25, 0.3) is 0 Å². The van der Waals surface area contributed by atoms with Gasteiger partial charge in [-0.05, 0) is 58.1 Å². The molecule has 0 unspecified atom stereocenters. The Morgan fingerprint density at radius 1 is 0.917 bits per heavy atom. The normalized spacial score (nSPS) is 26.8. The van der Waals surface area contributed by atoms with Crippen molar-refractivity contribution >= 4 is 12.6 Å². The molecule has 1 aromatic heterocycles. The highest BCUT2D eigenvalue weighted by atomic mass is 16.7. The molecule has 3 heterocycles. The highest BCUT2D eigenvalue weighted by Crippen LogP contribution is 2.40. The van der Waals surface area contributed by atoms with Crippen LogP contribution in [0.25, 0.3) is 0 Å². The summed E-state index contributed by atoms with van der Waals surface area (Å²) < 4.78 is 23.4. The summed E-state index contributed by atoms with van der Waals surface area (Å²) in [5, 5.41) is 0. The van der Waals surface area contributed by atoms with Crippen molar-refractivity contribution in [2.45, 2.75) is 63.6 Å². The lowest BCUT2D eigenvalue weighted by Gasteiger charge is -2.32. The molecule has 0 bridgehead atoms. The van der Waals surface area contributed by atoms with E-state index in [2.05, 4.69) is 39.8 Å².